The Balaban J connectivity index is 1.30. The van der Waals surface area contributed by atoms with E-state index < -0.39 is 82.8 Å². The Bertz CT molecular complexity index is 2980. The van der Waals surface area contributed by atoms with Gasteiger partial charge < -0.3 is 60.0 Å². The monoisotopic (exact) mass is 1630 g/mol. The summed E-state index contributed by atoms with van der Waals surface area (Å²) in [4.78, 5) is 0.288. The molecule has 582 valence electrons. The average Bonchev–Trinajstić information content (AvgIpc) is 1.51. The highest BCUT2D eigenvalue weighted by Gasteiger charge is 2.59. The van der Waals surface area contributed by atoms with E-state index in [1.54, 1.807) is 6.07 Å². The van der Waals surface area contributed by atoms with Crippen LogP contribution in [0.1, 0.15) is 205 Å². The lowest BCUT2D eigenvalue weighted by molar-refractivity contribution is -0.268. The lowest BCUT2D eigenvalue weighted by atomic mass is 9.77. The highest BCUT2D eigenvalue weighted by atomic mass is 127. The quantitative estimate of drug-likeness (QED) is 0.0336. The molecule has 0 radical (unpaired) electrons. The first-order chi connectivity index (χ1) is 46.3. The number of hydrogen-bond acceptors (Lipinski definition) is 15. The van der Waals surface area contributed by atoms with Gasteiger partial charge in [-0.2, -0.15) is 0 Å². The number of halogens is 1. The Kier molecular flexibility index (Phi) is 30.0. The largest absolute Gasteiger partial charge is 0.414 e. The molecule has 6 fully saturated rings. The van der Waals surface area contributed by atoms with Gasteiger partial charge in [0.2, 0.25) is 0 Å². The van der Waals surface area contributed by atoms with E-state index in [0.29, 0.717) is 58.3 Å². The lowest BCUT2D eigenvalue weighted by Gasteiger charge is -2.56. The molecule has 6 heterocycles. The van der Waals surface area contributed by atoms with Crippen LogP contribution in [0.5, 0.6) is 0 Å². The summed E-state index contributed by atoms with van der Waals surface area (Å²) in [5, 5.41) is -0.401. The van der Waals surface area contributed by atoms with Crippen molar-refractivity contribution in [2.24, 2.45) is 11.8 Å². The van der Waals surface area contributed by atoms with Gasteiger partial charge in [-0.1, -0.05) is 153 Å². The van der Waals surface area contributed by atoms with Gasteiger partial charge in [-0.05, 0) is 206 Å². The van der Waals surface area contributed by atoms with Crippen LogP contribution in [-0.2, 0) is 70.7 Å². The van der Waals surface area contributed by atoms with Crippen LogP contribution >= 0.6 is 22.6 Å². The third kappa shape index (κ3) is 22.1. The number of thiol groups is 1. The van der Waals surface area contributed by atoms with Crippen molar-refractivity contribution in [3.63, 3.8) is 0 Å². The second-order valence-electron chi connectivity index (χ2n) is 38.7. The number of fused-ring (bicyclic) bond motifs is 1. The standard InChI is InChI=1S/C79H143IO15SSi5/c1-51-31-34-58(96(81)82)48-61(51)59(63-38-39-64-71(90-63)73(94-100(27,28)78(14,15)16)74(95-101(29,30)79(17,18)19)72(91-64)65(41-42-80)93-99(25,26)77(11,12)13)35-36-60-67(89-68(70(60)83-20)47-57(92-98(23,24)76(8,9)10)50-86-97(21,22)75(5,6)7)49-66-54(4)52(2)45-55(88-66)32-37-62-53(3)46-56(87-62)33-40-69-84-43-44-85-69/h31,34,41-42,48,52,55-57,59-60,62-74,96H,3-4,32-33,35-40,43-47,49-50H2,1-2,5-30H3/b42-41+/t52-,55+,56+,57?,59+,60+,62+,63?,64+,65?,66-,67+,68-,70-,71+,72+,73?,74?/m1/s1. The molecule has 0 N–H and O–H groups in total. The van der Waals surface area contributed by atoms with E-state index >= 15 is 0 Å². The van der Waals surface area contributed by atoms with Crippen molar-refractivity contribution in [1.29, 1.82) is 0 Å². The molecular formula is C79H143IO15SSi5. The van der Waals surface area contributed by atoms with Gasteiger partial charge in [0.25, 0.3) is 0 Å². The summed E-state index contributed by atoms with van der Waals surface area (Å²) >= 11 is 2.33. The zero-order valence-electron chi connectivity index (χ0n) is 68.3. The highest BCUT2D eigenvalue weighted by Crippen LogP contribution is 2.51. The first-order valence-electron chi connectivity index (χ1n) is 38.6. The van der Waals surface area contributed by atoms with Gasteiger partial charge in [0, 0.05) is 38.2 Å². The van der Waals surface area contributed by atoms with Gasteiger partial charge in [-0.25, -0.2) is 8.42 Å². The van der Waals surface area contributed by atoms with E-state index in [9.17, 15) is 8.42 Å². The minimum absolute atomic E-state index is 0.00242. The maximum absolute atomic E-state index is 13.2. The Hall–Kier alpha value is -0.316. The Morgan fingerprint density at radius 1 is 0.644 bits per heavy atom. The van der Waals surface area contributed by atoms with Crippen LogP contribution < -0.4 is 0 Å². The van der Waals surface area contributed by atoms with E-state index in [4.69, 9.17) is 66.6 Å². The molecule has 0 amide bonds. The van der Waals surface area contributed by atoms with Crippen molar-refractivity contribution < 1.29 is 68.4 Å². The van der Waals surface area contributed by atoms with Crippen LogP contribution in [0, 0.1) is 18.8 Å². The number of aryl methyl sites for hydroxylation is 1. The summed E-state index contributed by atoms with van der Waals surface area (Å²) in [5.41, 5.74) is 4.22. The minimum Gasteiger partial charge on any atom is -0.414 e. The molecule has 0 bridgehead atoms. The Labute approximate surface area is 635 Å². The van der Waals surface area contributed by atoms with E-state index in [0.717, 1.165) is 60.8 Å². The third-order valence-electron chi connectivity index (χ3n) is 26.2. The minimum atomic E-state index is -2.90. The number of hydrogen-bond donors (Lipinski definition) is 1. The third-order valence-corrected chi connectivity index (χ3v) is 49.8. The molecule has 0 spiro atoms. The van der Waals surface area contributed by atoms with Crippen molar-refractivity contribution in [1.82, 2.24) is 0 Å². The van der Waals surface area contributed by atoms with E-state index in [1.165, 1.54) is 0 Å². The van der Waals surface area contributed by atoms with Gasteiger partial charge in [-0.3, -0.25) is 0 Å². The molecule has 1 aromatic rings. The van der Waals surface area contributed by atoms with Gasteiger partial charge in [-0.15, -0.1) is 0 Å². The molecule has 6 aliphatic rings. The Morgan fingerprint density at radius 2 is 1.21 bits per heavy atom. The zero-order valence-corrected chi connectivity index (χ0v) is 76.4. The second kappa shape index (κ2) is 34.5. The topological polar surface area (TPSA) is 154 Å². The number of rotatable bonds is 30. The summed E-state index contributed by atoms with van der Waals surface area (Å²) in [7, 11) is -13.2. The fraction of sp³-hybridized carbons (Fsp3) is 0.848. The van der Waals surface area contributed by atoms with E-state index in [1.807, 2.05) is 19.2 Å². The Morgan fingerprint density at radius 3 is 1.77 bits per heavy atom. The first-order valence-corrected chi connectivity index (χ1v) is 55.6. The van der Waals surface area contributed by atoms with Crippen molar-refractivity contribution >= 4 is 74.9 Å². The molecule has 6 aliphatic heterocycles. The second-order valence-corrected chi connectivity index (χ2v) is 64.3. The summed E-state index contributed by atoms with van der Waals surface area (Å²) in [6, 6.07) is 5.62. The molecule has 0 aromatic heterocycles. The normalized spacial score (nSPS) is 30.8. The summed E-state index contributed by atoms with van der Waals surface area (Å²) < 4.78 is 122. The molecule has 15 nitrogen and oxygen atoms in total. The molecule has 0 aliphatic carbocycles. The predicted molar refractivity (Wildman–Crippen MR) is 433 cm³/mol. The van der Waals surface area contributed by atoms with E-state index in [-0.39, 0.29) is 115 Å². The molecule has 1 aromatic carbocycles. The van der Waals surface area contributed by atoms with Crippen LogP contribution in [0.2, 0.25) is 90.7 Å². The SMILES string of the molecule is C=C1C[C@H](CCC2OCCO2)O[C@H]1CC[C@H]1C[C@@H](C)C(=C)[C@@H](C[C@@H]2O[C@H](CC(CO[Si](C)(C)C(C)(C)C)O[Si](C)(C)C(C)(C)C)[C@H](OC)[C@H]2CC[C@@H](c2cc([SH](=O)=O)ccc2C)C2CC[C@@H]3O[C@@H](C(/C=C/I)O[Si](C)(C)C(C)(C)C)C(O[Si](C)(C)C(C)(C)C)C(O[Si](C)(C)C(C)(C)C)[C@H]3O2)O1. The fourth-order valence-electron chi connectivity index (χ4n) is 14.5. The van der Waals surface area contributed by atoms with Crippen LogP contribution in [-0.4, -0.2) is 175 Å². The molecule has 22 heteroatoms. The van der Waals surface area contributed by atoms with Gasteiger partial charge in [0.05, 0.1) is 91.9 Å². The van der Waals surface area contributed by atoms with Crippen LogP contribution in [0.3, 0.4) is 0 Å². The first kappa shape index (κ1) is 87.9. The molecule has 0 saturated carbocycles. The molecule has 18 atom stereocenters. The molecular weight excluding hydrogens is 1490 g/mol. The molecule has 5 unspecified atom stereocenters. The number of benzene rings is 1. The van der Waals surface area contributed by atoms with Gasteiger partial charge >= 0.3 is 0 Å². The highest BCUT2D eigenvalue weighted by molar-refractivity contribution is 14.1. The summed E-state index contributed by atoms with van der Waals surface area (Å²) in [6.07, 6.45) is 6.43. The predicted octanol–water partition coefficient (Wildman–Crippen LogP) is 19.9. The number of ether oxygens (including phenoxy) is 8. The molecule has 6 saturated heterocycles. The summed E-state index contributed by atoms with van der Waals surface area (Å²) in [5.74, 6) is -0.139. The van der Waals surface area contributed by atoms with E-state index in [2.05, 4.69) is 223 Å². The van der Waals surface area contributed by atoms with Gasteiger partial charge in [0.1, 0.15) is 24.4 Å². The summed E-state index contributed by atoms with van der Waals surface area (Å²) in [6.45, 7) is 73.2. The van der Waals surface area contributed by atoms with Crippen molar-refractivity contribution in [3.05, 3.63) is 63.8 Å². The van der Waals surface area contributed by atoms with Crippen molar-refractivity contribution in [2.45, 2.75) is 394 Å². The van der Waals surface area contributed by atoms with Crippen LogP contribution in [0.4, 0.5) is 0 Å². The fourth-order valence-corrected chi connectivity index (χ4v) is 21.6. The van der Waals surface area contributed by atoms with Crippen molar-refractivity contribution in [3.8, 4) is 0 Å². The maximum atomic E-state index is 13.2. The zero-order chi connectivity index (χ0) is 75.8. The molecule has 101 heavy (non-hydrogen) atoms. The number of methoxy groups -OCH3 is 1. The van der Waals surface area contributed by atoms with Crippen LogP contribution in [0.15, 0.2) is 57.6 Å². The average molecular weight is 1630 g/mol. The smallest absolute Gasteiger partial charge is 0.193 e. The van der Waals surface area contributed by atoms with Gasteiger partial charge in [0.15, 0.2) is 58.6 Å². The van der Waals surface area contributed by atoms with Crippen LogP contribution in [0.25, 0.3) is 0 Å². The molecule has 7 rings (SSSR count). The van der Waals surface area contributed by atoms with Crippen molar-refractivity contribution in [2.75, 3.05) is 26.9 Å². The lowest BCUT2D eigenvalue weighted by Crippen LogP contribution is -2.69. The maximum Gasteiger partial charge on any atom is 0.193 e.